The topological polar surface area (TPSA) is 65.1 Å². The molecule has 0 aromatic heterocycles. The van der Waals surface area contributed by atoms with Crippen LogP contribution < -0.4 is 9.47 Å². The molecule has 6 heteroatoms. The number of ketones is 1. The van der Waals surface area contributed by atoms with E-state index in [9.17, 15) is 9.59 Å². The zero-order chi connectivity index (χ0) is 20.4. The highest BCUT2D eigenvalue weighted by Crippen LogP contribution is 2.35. The van der Waals surface area contributed by atoms with Gasteiger partial charge in [-0.1, -0.05) is 38.1 Å². The maximum Gasteiger partial charge on any atom is 0.415 e. The van der Waals surface area contributed by atoms with Crippen molar-refractivity contribution in [3.8, 4) is 11.5 Å². The van der Waals surface area contributed by atoms with Crippen molar-refractivity contribution in [2.45, 2.75) is 19.8 Å². The van der Waals surface area contributed by atoms with Crippen LogP contribution in [0, 0.1) is 0 Å². The van der Waals surface area contributed by atoms with Crippen LogP contribution >= 0.6 is 0 Å². The average Bonchev–Trinajstić information content (AvgIpc) is 3.03. The Kier molecular flexibility index (Phi) is 5.36. The number of hydrogen-bond donors (Lipinski definition) is 0. The van der Waals surface area contributed by atoms with Crippen LogP contribution in [0.15, 0.2) is 48.2 Å². The first-order valence-electron chi connectivity index (χ1n) is 9.74. The van der Waals surface area contributed by atoms with Crippen LogP contribution in [0.3, 0.4) is 0 Å². The van der Waals surface area contributed by atoms with Gasteiger partial charge in [0.2, 0.25) is 5.78 Å². The number of nitrogens with zero attached hydrogens (tertiary/aromatic N) is 1. The standard InChI is InChI=1S/C23H23NO5/c1-15(2)17-5-3-16(4-6-17)13-21-22(25)19-8-7-18(14-20(19)29-21)28-23(26)24-9-11-27-12-10-24/h3-8,13-15H,9-12H2,1-2H3/b21-13-. The third kappa shape index (κ3) is 4.17. The van der Waals surface area contributed by atoms with E-state index >= 15 is 0 Å². The molecule has 0 radical (unpaired) electrons. The SMILES string of the molecule is CC(C)c1ccc(/C=C2\Oc3cc(OC(=O)N4CCOCC4)ccc3C2=O)cc1. The maximum atomic E-state index is 12.6. The number of Topliss-reactive ketones (excluding diaryl/α,β-unsaturated/α-hetero) is 1. The van der Waals surface area contributed by atoms with Crippen LogP contribution in [0.1, 0.15) is 41.3 Å². The minimum absolute atomic E-state index is 0.181. The molecule has 0 spiro atoms. The number of amides is 1. The van der Waals surface area contributed by atoms with E-state index in [1.807, 2.05) is 24.3 Å². The Hall–Kier alpha value is -3.12. The van der Waals surface area contributed by atoms with Gasteiger partial charge in [0.15, 0.2) is 5.76 Å². The van der Waals surface area contributed by atoms with Crippen LogP contribution in [0.2, 0.25) is 0 Å². The number of allylic oxidation sites excluding steroid dienone is 1. The smallest absolute Gasteiger partial charge is 0.415 e. The molecule has 2 aromatic carbocycles. The van der Waals surface area contributed by atoms with E-state index in [-0.39, 0.29) is 11.5 Å². The molecule has 0 atom stereocenters. The molecule has 0 saturated carbocycles. The van der Waals surface area contributed by atoms with Crippen LogP contribution in [-0.2, 0) is 4.74 Å². The van der Waals surface area contributed by atoms with E-state index in [2.05, 4.69) is 13.8 Å². The quantitative estimate of drug-likeness (QED) is 0.729. The molecule has 2 aliphatic heterocycles. The van der Waals surface area contributed by atoms with Gasteiger partial charge >= 0.3 is 6.09 Å². The summed E-state index contributed by atoms with van der Waals surface area (Å²) in [5.41, 5.74) is 2.59. The first kappa shape index (κ1) is 19.2. The highest BCUT2D eigenvalue weighted by Gasteiger charge is 2.28. The first-order valence-corrected chi connectivity index (χ1v) is 9.74. The molecule has 1 amide bonds. The van der Waals surface area contributed by atoms with Crippen molar-refractivity contribution in [2.24, 2.45) is 0 Å². The number of morpholine rings is 1. The molecular formula is C23H23NO5. The summed E-state index contributed by atoms with van der Waals surface area (Å²) in [5.74, 6) is 1.26. The summed E-state index contributed by atoms with van der Waals surface area (Å²) < 4.78 is 16.4. The lowest BCUT2D eigenvalue weighted by molar-refractivity contribution is 0.0416. The Bertz CT molecular complexity index is 956. The van der Waals surface area contributed by atoms with Gasteiger partial charge in [-0.05, 0) is 35.3 Å². The van der Waals surface area contributed by atoms with Gasteiger partial charge in [-0.25, -0.2) is 4.79 Å². The molecule has 1 saturated heterocycles. The third-order valence-corrected chi connectivity index (χ3v) is 5.02. The Morgan fingerprint density at radius 1 is 1.10 bits per heavy atom. The number of benzene rings is 2. The average molecular weight is 393 g/mol. The summed E-state index contributed by atoms with van der Waals surface area (Å²) in [6, 6.07) is 12.9. The van der Waals surface area contributed by atoms with Crippen molar-refractivity contribution >= 4 is 18.0 Å². The second-order valence-corrected chi connectivity index (χ2v) is 7.39. The van der Waals surface area contributed by atoms with Crippen LogP contribution in [0.25, 0.3) is 6.08 Å². The van der Waals surface area contributed by atoms with Gasteiger partial charge < -0.3 is 19.1 Å². The Balaban J connectivity index is 1.48. The number of rotatable bonds is 3. The number of carbonyl (C=O) groups is 2. The molecule has 0 bridgehead atoms. The van der Waals surface area contributed by atoms with Gasteiger partial charge in [0.05, 0.1) is 18.8 Å². The lowest BCUT2D eigenvalue weighted by Gasteiger charge is -2.25. The molecule has 29 heavy (non-hydrogen) atoms. The summed E-state index contributed by atoms with van der Waals surface area (Å²) in [4.78, 5) is 26.5. The molecule has 2 heterocycles. The van der Waals surface area contributed by atoms with Crippen molar-refractivity contribution in [1.29, 1.82) is 0 Å². The Morgan fingerprint density at radius 3 is 2.52 bits per heavy atom. The van der Waals surface area contributed by atoms with Crippen molar-refractivity contribution < 1.29 is 23.8 Å². The number of fused-ring (bicyclic) bond motifs is 1. The van der Waals surface area contributed by atoms with Gasteiger partial charge in [0.1, 0.15) is 11.5 Å². The van der Waals surface area contributed by atoms with E-state index in [4.69, 9.17) is 14.2 Å². The van der Waals surface area contributed by atoms with E-state index in [1.165, 1.54) is 5.56 Å². The summed E-state index contributed by atoms with van der Waals surface area (Å²) in [7, 11) is 0. The van der Waals surface area contributed by atoms with E-state index in [0.717, 1.165) is 5.56 Å². The molecular weight excluding hydrogens is 370 g/mol. The monoisotopic (exact) mass is 393 g/mol. The van der Waals surface area contributed by atoms with Crippen molar-refractivity contribution in [2.75, 3.05) is 26.3 Å². The normalized spacial score (nSPS) is 17.4. The first-order chi connectivity index (χ1) is 14.0. The van der Waals surface area contributed by atoms with Crippen LogP contribution in [0.5, 0.6) is 11.5 Å². The van der Waals surface area contributed by atoms with Crippen LogP contribution in [-0.4, -0.2) is 43.1 Å². The van der Waals surface area contributed by atoms with E-state index in [0.29, 0.717) is 49.3 Å². The molecule has 0 aliphatic carbocycles. The van der Waals surface area contributed by atoms with E-state index in [1.54, 1.807) is 29.2 Å². The Labute approximate surface area is 169 Å². The molecule has 0 N–H and O–H groups in total. The highest BCUT2D eigenvalue weighted by molar-refractivity contribution is 6.14. The minimum atomic E-state index is -0.432. The number of carbonyl (C=O) groups excluding carboxylic acids is 2. The molecule has 2 aromatic rings. The molecule has 0 unspecified atom stereocenters. The van der Waals surface area contributed by atoms with Gasteiger partial charge in [0.25, 0.3) is 0 Å². The van der Waals surface area contributed by atoms with Crippen molar-refractivity contribution in [3.63, 3.8) is 0 Å². The predicted octanol–water partition coefficient (Wildman–Crippen LogP) is 4.26. The molecule has 150 valence electrons. The minimum Gasteiger partial charge on any atom is -0.452 e. The van der Waals surface area contributed by atoms with Gasteiger partial charge in [-0.3, -0.25) is 4.79 Å². The Morgan fingerprint density at radius 2 is 1.83 bits per heavy atom. The fourth-order valence-electron chi connectivity index (χ4n) is 3.27. The van der Waals surface area contributed by atoms with Gasteiger partial charge in [0, 0.05) is 19.2 Å². The third-order valence-electron chi connectivity index (χ3n) is 5.02. The molecule has 6 nitrogen and oxygen atoms in total. The predicted molar refractivity (Wildman–Crippen MR) is 108 cm³/mol. The van der Waals surface area contributed by atoms with Gasteiger partial charge in [-0.15, -0.1) is 0 Å². The zero-order valence-electron chi connectivity index (χ0n) is 16.5. The second-order valence-electron chi connectivity index (χ2n) is 7.39. The van der Waals surface area contributed by atoms with Crippen molar-refractivity contribution in [1.82, 2.24) is 4.90 Å². The number of ether oxygens (including phenoxy) is 3. The highest BCUT2D eigenvalue weighted by atomic mass is 16.6. The maximum absolute atomic E-state index is 12.6. The fraction of sp³-hybridized carbons (Fsp3) is 0.304. The molecule has 1 fully saturated rings. The van der Waals surface area contributed by atoms with Crippen LogP contribution in [0.4, 0.5) is 4.79 Å². The fourth-order valence-corrected chi connectivity index (χ4v) is 3.27. The zero-order valence-corrected chi connectivity index (χ0v) is 16.5. The van der Waals surface area contributed by atoms with E-state index < -0.39 is 6.09 Å². The second kappa shape index (κ2) is 8.09. The summed E-state index contributed by atoms with van der Waals surface area (Å²) in [6.07, 6.45) is 1.30. The molecule has 2 aliphatic rings. The molecule has 4 rings (SSSR count). The largest absolute Gasteiger partial charge is 0.452 e. The summed E-state index contributed by atoms with van der Waals surface area (Å²) in [6.45, 7) is 6.28. The number of hydrogen-bond acceptors (Lipinski definition) is 5. The van der Waals surface area contributed by atoms with Gasteiger partial charge in [-0.2, -0.15) is 0 Å². The van der Waals surface area contributed by atoms with Crippen molar-refractivity contribution in [3.05, 3.63) is 64.9 Å². The summed E-state index contributed by atoms with van der Waals surface area (Å²) >= 11 is 0. The lowest BCUT2D eigenvalue weighted by Crippen LogP contribution is -2.42. The summed E-state index contributed by atoms with van der Waals surface area (Å²) in [5, 5.41) is 0. The lowest BCUT2D eigenvalue weighted by atomic mass is 10.0.